The van der Waals surface area contributed by atoms with E-state index in [0.29, 0.717) is 11.9 Å². The van der Waals surface area contributed by atoms with E-state index in [1.54, 1.807) is 6.07 Å². The van der Waals surface area contributed by atoms with Crippen molar-refractivity contribution in [1.82, 2.24) is 25.1 Å². The van der Waals surface area contributed by atoms with Crippen LogP contribution in [0.4, 0.5) is 19.0 Å². The molecule has 4 rings (SSSR count). The summed E-state index contributed by atoms with van der Waals surface area (Å²) in [6.45, 7) is 2.65. The summed E-state index contributed by atoms with van der Waals surface area (Å²) in [5.74, 6) is 0.301. The molecule has 0 radical (unpaired) electrons. The highest BCUT2D eigenvalue weighted by Gasteiger charge is 2.38. The molecule has 0 atom stereocenters. The molecule has 6 nitrogen and oxygen atoms in total. The summed E-state index contributed by atoms with van der Waals surface area (Å²) in [5, 5.41) is 14.4. The van der Waals surface area contributed by atoms with Crippen molar-refractivity contribution in [2.24, 2.45) is 5.92 Å². The first-order chi connectivity index (χ1) is 11.5. The number of halogens is 3. The Labute approximate surface area is 137 Å². The van der Waals surface area contributed by atoms with E-state index in [-0.39, 0.29) is 5.65 Å². The second kappa shape index (κ2) is 5.87. The van der Waals surface area contributed by atoms with Gasteiger partial charge < -0.3 is 10.2 Å². The fourth-order valence-electron chi connectivity index (χ4n) is 3.09. The SMILES string of the molecule is FC(F)(F)c1nnc2ccc(N3CCC(NCC4CC4)CC3)nn12. The lowest BCUT2D eigenvalue weighted by Gasteiger charge is -2.33. The van der Waals surface area contributed by atoms with Crippen LogP contribution < -0.4 is 10.2 Å². The Bertz CT molecular complexity index is 716. The van der Waals surface area contributed by atoms with Crippen molar-refractivity contribution in [3.05, 3.63) is 18.0 Å². The number of piperidine rings is 1. The molecule has 24 heavy (non-hydrogen) atoms. The predicted molar refractivity (Wildman–Crippen MR) is 81.7 cm³/mol. The van der Waals surface area contributed by atoms with Gasteiger partial charge in [0.1, 0.15) is 5.82 Å². The van der Waals surface area contributed by atoms with Crippen LogP contribution in [0, 0.1) is 5.92 Å². The standard InChI is InChI=1S/C15H19F3N6/c16-15(17,18)14-21-20-12-3-4-13(22-24(12)14)23-7-5-11(6-8-23)19-9-10-1-2-10/h3-4,10-11,19H,1-2,5-9H2. The molecule has 0 spiro atoms. The molecule has 130 valence electrons. The van der Waals surface area contributed by atoms with E-state index in [9.17, 15) is 13.2 Å². The minimum absolute atomic E-state index is 0.104. The number of aromatic nitrogens is 4. The first-order valence-electron chi connectivity index (χ1n) is 8.29. The summed E-state index contributed by atoms with van der Waals surface area (Å²) < 4.78 is 39.6. The number of anilines is 1. The molecule has 9 heteroatoms. The Morgan fingerprint density at radius 1 is 1.08 bits per heavy atom. The van der Waals surface area contributed by atoms with Crippen LogP contribution >= 0.6 is 0 Å². The lowest BCUT2D eigenvalue weighted by molar-refractivity contribution is -0.146. The van der Waals surface area contributed by atoms with Crippen LogP contribution in [0.3, 0.4) is 0 Å². The zero-order valence-corrected chi connectivity index (χ0v) is 13.1. The number of hydrogen-bond donors (Lipinski definition) is 1. The number of hydrogen-bond acceptors (Lipinski definition) is 5. The van der Waals surface area contributed by atoms with Crippen LogP contribution in [0.25, 0.3) is 5.65 Å². The van der Waals surface area contributed by atoms with E-state index >= 15 is 0 Å². The second-order valence-corrected chi connectivity index (χ2v) is 6.60. The lowest BCUT2D eigenvalue weighted by atomic mass is 10.0. The third-order valence-electron chi connectivity index (χ3n) is 4.71. The molecule has 0 aromatic carbocycles. The van der Waals surface area contributed by atoms with E-state index in [1.807, 2.05) is 4.90 Å². The molecule has 2 fully saturated rings. The zero-order valence-electron chi connectivity index (χ0n) is 13.1. The van der Waals surface area contributed by atoms with Crippen molar-refractivity contribution in [2.75, 3.05) is 24.5 Å². The maximum Gasteiger partial charge on any atom is 0.453 e. The van der Waals surface area contributed by atoms with Crippen molar-refractivity contribution >= 4 is 11.5 Å². The molecule has 1 aliphatic heterocycles. The molecule has 0 bridgehead atoms. The summed E-state index contributed by atoms with van der Waals surface area (Å²) in [6, 6.07) is 3.73. The number of nitrogens with one attached hydrogen (secondary N) is 1. The summed E-state index contributed by atoms with van der Waals surface area (Å²) in [6.07, 6.45) is 0.0404. The maximum atomic E-state index is 12.9. The number of alkyl halides is 3. The third kappa shape index (κ3) is 3.17. The van der Waals surface area contributed by atoms with Crippen molar-refractivity contribution in [3.63, 3.8) is 0 Å². The monoisotopic (exact) mass is 340 g/mol. The molecule has 2 aromatic heterocycles. The quantitative estimate of drug-likeness (QED) is 0.924. The highest BCUT2D eigenvalue weighted by atomic mass is 19.4. The minimum atomic E-state index is -4.56. The van der Waals surface area contributed by atoms with Gasteiger partial charge >= 0.3 is 6.18 Å². The van der Waals surface area contributed by atoms with E-state index in [2.05, 4.69) is 20.6 Å². The summed E-state index contributed by atoms with van der Waals surface area (Å²) in [4.78, 5) is 2.02. The van der Waals surface area contributed by atoms with Gasteiger partial charge in [-0.15, -0.1) is 15.3 Å². The Morgan fingerprint density at radius 2 is 1.83 bits per heavy atom. The molecular weight excluding hydrogens is 321 g/mol. The van der Waals surface area contributed by atoms with Gasteiger partial charge in [-0.2, -0.15) is 17.7 Å². The van der Waals surface area contributed by atoms with Gasteiger partial charge in [0.2, 0.25) is 0 Å². The normalized spacial score (nSPS) is 20.0. The Morgan fingerprint density at radius 3 is 2.50 bits per heavy atom. The van der Waals surface area contributed by atoms with E-state index in [4.69, 9.17) is 0 Å². The molecule has 0 amide bonds. The van der Waals surface area contributed by atoms with Gasteiger partial charge in [-0.1, -0.05) is 0 Å². The van der Waals surface area contributed by atoms with Gasteiger partial charge in [-0.05, 0) is 50.3 Å². The zero-order chi connectivity index (χ0) is 16.7. The van der Waals surface area contributed by atoms with Crippen LogP contribution in [-0.4, -0.2) is 45.5 Å². The number of fused-ring (bicyclic) bond motifs is 1. The van der Waals surface area contributed by atoms with Crippen LogP contribution in [0.15, 0.2) is 12.1 Å². The summed E-state index contributed by atoms with van der Waals surface area (Å²) >= 11 is 0. The fourth-order valence-corrected chi connectivity index (χ4v) is 3.09. The van der Waals surface area contributed by atoms with Gasteiger partial charge in [0, 0.05) is 19.1 Å². The fraction of sp³-hybridized carbons (Fsp3) is 0.667. The average Bonchev–Trinajstić information content (AvgIpc) is 3.28. The molecule has 1 N–H and O–H groups in total. The molecule has 2 aliphatic rings. The van der Waals surface area contributed by atoms with Gasteiger partial charge in [-0.3, -0.25) is 0 Å². The van der Waals surface area contributed by atoms with E-state index in [1.165, 1.54) is 18.9 Å². The maximum absolute atomic E-state index is 12.9. The summed E-state index contributed by atoms with van der Waals surface area (Å²) in [7, 11) is 0. The minimum Gasteiger partial charge on any atom is -0.355 e. The van der Waals surface area contributed by atoms with Crippen molar-refractivity contribution in [3.8, 4) is 0 Å². The van der Waals surface area contributed by atoms with Crippen LogP contribution in [0.5, 0.6) is 0 Å². The smallest absolute Gasteiger partial charge is 0.355 e. The number of rotatable bonds is 4. The first-order valence-corrected chi connectivity index (χ1v) is 8.29. The lowest BCUT2D eigenvalue weighted by Crippen LogP contribution is -2.43. The Kier molecular flexibility index (Phi) is 3.82. The molecule has 3 heterocycles. The topological polar surface area (TPSA) is 58.4 Å². The Balaban J connectivity index is 1.46. The largest absolute Gasteiger partial charge is 0.453 e. The predicted octanol–water partition coefficient (Wildman–Crippen LogP) is 2.11. The average molecular weight is 340 g/mol. The van der Waals surface area contributed by atoms with Crippen molar-refractivity contribution in [1.29, 1.82) is 0 Å². The van der Waals surface area contributed by atoms with Crippen molar-refractivity contribution in [2.45, 2.75) is 37.9 Å². The van der Waals surface area contributed by atoms with Crippen molar-refractivity contribution < 1.29 is 13.2 Å². The van der Waals surface area contributed by atoms with E-state index in [0.717, 1.165) is 42.9 Å². The van der Waals surface area contributed by atoms with Gasteiger partial charge in [-0.25, -0.2) is 0 Å². The molecule has 1 saturated heterocycles. The van der Waals surface area contributed by atoms with Gasteiger partial charge in [0.15, 0.2) is 5.65 Å². The molecular formula is C15H19F3N6. The van der Waals surface area contributed by atoms with Gasteiger partial charge in [0.25, 0.3) is 5.82 Å². The molecule has 2 aromatic rings. The Hall–Kier alpha value is -1.90. The summed E-state index contributed by atoms with van der Waals surface area (Å²) in [5.41, 5.74) is 0.104. The molecule has 1 saturated carbocycles. The highest BCUT2D eigenvalue weighted by Crippen LogP contribution is 2.29. The van der Waals surface area contributed by atoms with E-state index < -0.39 is 12.0 Å². The number of nitrogens with zero attached hydrogens (tertiary/aromatic N) is 5. The third-order valence-corrected chi connectivity index (χ3v) is 4.71. The van der Waals surface area contributed by atoms with Crippen LogP contribution in [0.2, 0.25) is 0 Å². The first kappa shape index (κ1) is 15.6. The second-order valence-electron chi connectivity index (χ2n) is 6.60. The molecule has 0 unspecified atom stereocenters. The van der Waals surface area contributed by atoms with Gasteiger partial charge in [0.05, 0.1) is 0 Å². The molecule has 1 aliphatic carbocycles. The van der Waals surface area contributed by atoms with Crippen LogP contribution in [0.1, 0.15) is 31.5 Å². The van der Waals surface area contributed by atoms with Crippen LogP contribution in [-0.2, 0) is 6.18 Å². The highest BCUT2D eigenvalue weighted by molar-refractivity contribution is 5.46.